The number of hydrogen-bond acceptors (Lipinski definition) is 15. The standard InChI is InChI=1S/C26H29N7O2.C18H20IN7O.C8H11BO2/c1-17-8-9-18(15-21(17)35-5)24-23-25(27)28-16-29-26(23)33(30-24)20-12-10-19(11-13-20)32(4)22(34)7-6-14-31(2)3;1-24(2)10-4-5-14(27)25(3)12-6-8-13(9-7-12)26-18-15(16(19)23-26)17(20)21-11-22-18;1-6-3-4-8(9(10)11)5-7(6)2/h6-13,15-16H,14H2,1-5H3,(H2,27,28,29);4-9,11H,10H2,1-3H3,(H2,20,21,22);3-5,10-11H,1-2H3/b7-6+;5-4+;. The van der Waals surface area contributed by atoms with E-state index in [9.17, 15) is 9.59 Å². The highest BCUT2D eigenvalue weighted by atomic mass is 127. The highest BCUT2D eigenvalue weighted by Crippen LogP contribution is 2.34. The maximum atomic E-state index is 12.5. The van der Waals surface area contributed by atoms with Gasteiger partial charge in [-0.25, -0.2) is 29.3 Å². The molecule has 0 aliphatic heterocycles. The van der Waals surface area contributed by atoms with Gasteiger partial charge in [0.1, 0.15) is 39.4 Å². The number of benzene rings is 4. The minimum absolute atomic E-state index is 0.0794. The van der Waals surface area contributed by atoms with Gasteiger partial charge in [0.15, 0.2) is 11.3 Å². The van der Waals surface area contributed by atoms with E-state index in [2.05, 4.69) is 47.6 Å². The number of halogens is 1. The molecule has 73 heavy (non-hydrogen) atoms. The lowest BCUT2D eigenvalue weighted by Gasteiger charge is -2.16. The first-order chi connectivity index (χ1) is 34.8. The van der Waals surface area contributed by atoms with Gasteiger partial charge in [-0.1, -0.05) is 42.5 Å². The lowest BCUT2D eigenvalue weighted by Crippen LogP contribution is -2.29. The molecule has 0 spiro atoms. The van der Waals surface area contributed by atoms with E-state index in [4.69, 9.17) is 31.4 Å². The van der Waals surface area contributed by atoms with Crippen LogP contribution in [0.2, 0.25) is 0 Å². The van der Waals surface area contributed by atoms with Gasteiger partial charge in [0.25, 0.3) is 0 Å². The lowest BCUT2D eigenvalue weighted by molar-refractivity contribution is -0.114. The van der Waals surface area contributed by atoms with Crippen molar-refractivity contribution in [3.63, 3.8) is 0 Å². The molecule has 21 heteroatoms. The van der Waals surface area contributed by atoms with E-state index in [0.29, 0.717) is 52.6 Å². The molecular weight excluding hydrogens is 1040 g/mol. The van der Waals surface area contributed by atoms with Gasteiger partial charge in [0, 0.05) is 56.3 Å². The van der Waals surface area contributed by atoms with Crippen LogP contribution < -0.4 is 31.5 Å². The normalized spacial score (nSPS) is 11.3. The van der Waals surface area contributed by atoms with Crippen molar-refractivity contribution in [2.75, 3.05) is 83.8 Å². The van der Waals surface area contributed by atoms with Crippen LogP contribution in [-0.2, 0) is 9.59 Å². The monoisotopic (exact) mass is 1100 g/mol. The number of fused-ring (bicyclic) bond motifs is 2. The Morgan fingerprint density at radius 3 is 1.60 bits per heavy atom. The second-order valence-electron chi connectivity index (χ2n) is 17.4. The van der Waals surface area contributed by atoms with Gasteiger partial charge in [-0.3, -0.25) is 9.59 Å². The number of likely N-dealkylation sites (N-methyl/N-ethyl adjacent to an activating group) is 4. The topological polar surface area (TPSA) is 236 Å². The van der Waals surface area contributed by atoms with Gasteiger partial charge >= 0.3 is 7.12 Å². The molecule has 4 heterocycles. The number of amides is 2. The maximum absolute atomic E-state index is 12.5. The molecule has 4 aromatic carbocycles. The van der Waals surface area contributed by atoms with E-state index in [1.165, 1.54) is 12.7 Å². The summed E-state index contributed by atoms with van der Waals surface area (Å²) in [5.41, 5.74) is 21.9. The fraction of sp³-hybridized carbons (Fsp3) is 0.231. The maximum Gasteiger partial charge on any atom is 0.488 e. The van der Waals surface area contributed by atoms with Gasteiger partial charge in [-0.05, 0) is 148 Å². The average molecular weight is 1100 g/mol. The third-order valence-electron chi connectivity index (χ3n) is 11.5. The Kier molecular flexibility index (Phi) is 18.5. The highest BCUT2D eigenvalue weighted by Gasteiger charge is 2.20. The van der Waals surface area contributed by atoms with Crippen LogP contribution in [0.25, 0.3) is 44.7 Å². The van der Waals surface area contributed by atoms with E-state index in [0.717, 1.165) is 59.8 Å². The molecule has 0 aliphatic rings. The van der Waals surface area contributed by atoms with Crippen LogP contribution in [0.3, 0.4) is 0 Å². The van der Waals surface area contributed by atoms with Crippen LogP contribution in [0.15, 0.2) is 122 Å². The number of anilines is 4. The zero-order valence-corrected chi connectivity index (χ0v) is 44.7. The van der Waals surface area contributed by atoms with Crippen molar-refractivity contribution in [3.05, 3.63) is 142 Å². The molecule has 0 saturated heterocycles. The number of nitrogen functional groups attached to an aromatic ring is 2. The third kappa shape index (κ3) is 13.5. The number of ether oxygens (including phenoxy) is 1. The Morgan fingerprint density at radius 2 is 1.12 bits per heavy atom. The van der Waals surface area contributed by atoms with Crippen LogP contribution in [0, 0.1) is 24.5 Å². The lowest BCUT2D eigenvalue weighted by atomic mass is 9.79. The summed E-state index contributed by atoms with van der Waals surface area (Å²) < 4.78 is 9.69. The van der Waals surface area contributed by atoms with Crippen molar-refractivity contribution < 1.29 is 24.4 Å². The summed E-state index contributed by atoms with van der Waals surface area (Å²) in [7, 11) is 11.6. The van der Waals surface area contributed by atoms with Crippen LogP contribution in [0.4, 0.5) is 23.0 Å². The molecule has 8 rings (SSSR count). The van der Waals surface area contributed by atoms with Gasteiger partial charge < -0.3 is 45.9 Å². The van der Waals surface area contributed by atoms with Gasteiger partial charge in [0.05, 0.1) is 29.3 Å². The second-order valence-corrected chi connectivity index (χ2v) is 18.5. The molecule has 0 unspecified atom stereocenters. The number of hydrogen-bond donors (Lipinski definition) is 4. The van der Waals surface area contributed by atoms with Crippen LogP contribution in [0.5, 0.6) is 5.75 Å². The number of nitrogens with zero attached hydrogens (tertiary/aromatic N) is 12. The van der Waals surface area contributed by atoms with Crippen molar-refractivity contribution in [1.82, 2.24) is 49.3 Å². The van der Waals surface area contributed by atoms with Crippen molar-refractivity contribution >= 4 is 92.1 Å². The molecule has 4 aromatic heterocycles. The molecule has 0 fully saturated rings. The van der Waals surface area contributed by atoms with Gasteiger partial charge in [-0.2, -0.15) is 10.2 Å². The van der Waals surface area contributed by atoms with Crippen LogP contribution >= 0.6 is 22.6 Å². The Bertz CT molecular complexity index is 3270. The summed E-state index contributed by atoms with van der Waals surface area (Å²) in [5.74, 6) is 1.34. The molecule has 8 aromatic rings. The summed E-state index contributed by atoms with van der Waals surface area (Å²) in [5, 5.41) is 28.3. The number of carbonyl (C=O) groups is 2. The number of rotatable bonds is 13. The molecule has 378 valence electrons. The molecule has 0 saturated carbocycles. The summed E-state index contributed by atoms with van der Waals surface area (Å²) in [6.45, 7) is 7.34. The largest absolute Gasteiger partial charge is 0.496 e. The number of methoxy groups -OCH3 is 1. The summed E-state index contributed by atoms with van der Waals surface area (Å²) >= 11 is 2.12. The molecule has 0 atom stereocenters. The fourth-order valence-corrected chi connectivity index (χ4v) is 7.94. The zero-order chi connectivity index (χ0) is 53.1. The first kappa shape index (κ1) is 54.8. The average Bonchev–Trinajstić information content (AvgIpc) is 3.94. The molecule has 2 amide bonds. The Balaban J connectivity index is 0.000000201. The van der Waals surface area contributed by atoms with Crippen LogP contribution in [0.1, 0.15) is 16.7 Å². The molecular formula is C52H60BIN14O5. The van der Waals surface area contributed by atoms with E-state index in [-0.39, 0.29) is 11.8 Å². The van der Waals surface area contributed by atoms with Crippen molar-refractivity contribution in [1.29, 1.82) is 0 Å². The van der Waals surface area contributed by atoms with E-state index >= 15 is 0 Å². The zero-order valence-electron chi connectivity index (χ0n) is 42.6. The number of carbonyl (C=O) groups excluding carboxylic acids is 2. The molecule has 6 N–H and O–H groups in total. The Morgan fingerprint density at radius 1 is 0.644 bits per heavy atom. The predicted molar refractivity (Wildman–Crippen MR) is 300 cm³/mol. The van der Waals surface area contributed by atoms with E-state index in [1.54, 1.807) is 64.7 Å². The summed E-state index contributed by atoms with van der Waals surface area (Å²) in [4.78, 5) is 48.9. The molecule has 19 nitrogen and oxygen atoms in total. The van der Waals surface area contributed by atoms with Gasteiger partial charge in [-0.15, -0.1) is 0 Å². The van der Waals surface area contributed by atoms with Crippen molar-refractivity contribution in [2.45, 2.75) is 20.8 Å². The molecule has 0 radical (unpaired) electrons. The van der Waals surface area contributed by atoms with Crippen molar-refractivity contribution in [2.24, 2.45) is 0 Å². The predicted octanol–water partition coefficient (Wildman–Crippen LogP) is 5.53. The highest BCUT2D eigenvalue weighted by molar-refractivity contribution is 14.1. The smallest absolute Gasteiger partial charge is 0.488 e. The van der Waals surface area contributed by atoms with Gasteiger partial charge in [0.2, 0.25) is 11.8 Å². The Labute approximate surface area is 438 Å². The number of aryl methyl sites for hydroxylation is 3. The minimum atomic E-state index is -1.35. The Hall–Kier alpha value is -7.57. The fourth-order valence-electron chi connectivity index (χ4n) is 7.20. The second kappa shape index (κ2) is 24.7. The number of aromatic nitrogens is 8. The minimum Gasteiger partial charge on any atom is -0.496 e. The SMILES string of the molecule is CN(C)C/C=C/C(=O)N(C)c1ccc(-n2nc(I)c3c(N)ncnc32)cc1.COc1cc(-c2nn(-c3ccc(N(C)C(=O)/C=C/CN(C)C)cc3)c3ncnc(N)c23)ccc1C.Cc1ccc(B(O)O)cc1C. The van der Waals surface area contributed by atoms with E-state index < -0.39 is 7.12 Å². The first-order valence-electron chi connectivity index (χ1n) is 22.9. The molecule has 0 aliphatic carbocycles. The first-order valence-corrected chi connectivity index (χ1v) is 24.0. The van der Waals surface area contributed by atoms with E-state index in [1.807, 2.05) is 144 Å². The van der Waals surface area contributed by atoms with Crippen molar-refractivity contribution in [3.8, 4) is 28.4 Å². The quantitative estimate of drug-likeness (QED) is 0.0632. The number of nitrogens with two attached hydrogens (primary N) is 2. The molecule has 0 bridgehead atoms. The third-order valence-corrected chi connectivity index (χ3v) is 12.3. The van der Waals surface area contributed by atoms with Crippen LogP contribution in [-0.4, -0.2) is 141 Å². The summed E-state index contributed by atoms with van der Waals surface area (Å²) in [6, 6.07) is 26.3. The summed E-state index contributed by atoms with van der Waals surface area (Å²) in [6.07, 6.45) is 9.70.